The number of nitrogens with one attached hydrogen (secondary N) is 1. The molecule has 0 saturated heterocycles. The van der Waals surface area contributed by atoms with Crippen molar-refractivity contribution in [3.63, 3.8) is 0 Å². The summed E-state index contributed by atoms with van der Waals surface area (Å²) < 4.78 is 10.6. The van der Waals surface area contributed by atoms with Crippen LogP contribution in [0.2, 0.25) is 0 Å². The Labute approximate surface area is 208 Å². The molecule has 4 aromatic rings. The van der Waals surface area contributed by atoms with Gasteiger partial charge in [-0.25, -0.2) is 4.98 Å². The lowest BCUT2D eigenvalue weighted by atomic mass is 9.99. The molecule has 0 saturated carbocycles. The highest BCUT2D eigenvalue weighted by Crippen LogP contribution is 2.34. The molecule has 1 heterocycles. The van der Waals surface area contributed by atoms with Crippen LogP contribution in [0.3, 0.4) is 0 Å². The quantitative estimate of drug-likeness (QED) is 0.309. The average molecular weight is 482 g/mol. The van der Waals surface area contributed by atoms with E-state index in [9.17, 15) is 10.1 Å². The number of methoxy groups -OCH3 is 2. The van der Waals surface area contributed by atoms with Crippen molar-refractivity contribution in [2.75, 3.05) is 25.3 Å². The number of carbonyl (C=O) groups is 1. The minimum atomic E-state index is -0.251. The lowest BCUT2D eigenvalue weighted by molar-refractivity contribution is -0.113. The number of aromatic nitrogens is 1. The van der Waals surface area contributed by atoms with Crippen LogP contribution in [0.25, 0.3) is 22.4 Å². The first-order valence-electron chi connectivity index (χ1n) is 10.8. The van der Waals surface area contributed by atoms with Crippen molar-refractivity contribution in [1.82, 2.24) is 4.98 Å². The molecule has 0 bridgehead atoms. The van der Waals surface area contributed by atoms with Crippen molar-refractivity contribution in [3.05, 3.63) is 90.5 Å². The largest absolute Gasteiger partial charge is 0.497 e. The molecule has 6 nitrogen and oxygen atoms in total. The number of nitrogens with zero attached hydrogens (tertiary/aromatic N) is 2. The summed E-state index contributed by atoms with van der Waals surface area (Å²) in [7, 11) is 3.10. The second-order valence-electron chi connectivity index (χ2n) is 7.48. The Morgan fingerprint density at radius 2 is 1.63 bits per heavy atom. The molecule has 0 aliphatic carbocycles. The van der Waals surface area contributed by atoms with E-state index in [1.807, 2.05) is 66.7 Å². The number of carbonyl (C=O) groups excluding carboxylic acids is 1. The molecule has 3 aromatic carbocycles. The molecule has 0 aliphatic rings. The van der Waals surface area contributed by atoms with Gasteiger partial charge >= 0.3 is 0 Å². The second kappa shape index (κ2) is 11.2. The Kier molecular flexibility index (Phi) is 7.66. The minimum absolute atomic E-state index is 0.0640. The Morgan fingerprint density at radius 3 is 2.26 bits per heavy atom. The smallest absolute Gasteiger partial charge is 0.234 e. The van der Waals surface area contributed by atoms with Gasteiger partial charge in [-0.3, -0.25) is 4.79 Å². The fourth-order valence-corrected chi connectivity index (χ4v) is 4.37. The van der Waals surface area contributed by atoms with E-state index in [4.69, 9.17) is 14.5 Å². The van der Waals surface area contributed by atoms with E-state index in [1.165, 1.54) is 18.9 Å². The monoisotopic (exact) mass is 481 g/mol. The van der Waals surface area contributed by atoms with Gasteiger partial charge in [-0.15, -0.1) is 0 Å². The number of thioether (sulfide) groups is 1. The predicted octanol–water partition coefficient (Wildman–Crippen LogP) is 6.04. The summed E-state index contributed by atoms with van der Waals surface area (Å²) >= 11 is 1.22. The van der Waals surface area contributed by atoms with E-state index in [1.54, 1.807) is 25.3 Å². The van der Waals surface area contributed by atoms with Gasteiger partial charge in [0.25, 0.3) is 0 Å². The topological polar surface area (TPSA) is 84.2 Å². The van der Waals surface area contributed by atoms with Gasteiger partial charge in [0.1, 0.15) is 22.6 Å². The zero-order chi connectivity index (χ0) is 24.6. The maximum atomic E-state index is 12.8. The van der Waals surface area contributed by atoms with Crippen molar-refractivity contribution in [1.29, 1.82) is 5.26 Å². The number of pyridine rings is 1. The second-order valence-corrected chi connectivity index (χ2v) is 8.45. The molecule has 0 atom stereocenters. The van der Waals surface area contributed by atoms with E-state index in [0.717, 1.165) is 22.4 Å². The molecular formula is C28H23N3O3S. The highest BCUT2D eigenvalue weighted by molar-refractivity contribution is 8.00. The third kappa shape index (κ3) is 5.62. The summed E-state index contributed by atoms with van der Waals surface area (Å²) in [6.45, 7) is 0. The van der Waals surface area contributed by atoms with E-state index in [-0.39, 0.29) is 11.7 Å². The first-order valence-corrected chi connectivity index (χ1v) is 11.8. The van der Waals surface area contributed by atoms with Gasteiger partial charge in [0.05, 0.1) is 36.9 Å². The molecule has 174 valence electrons. The van der Waals surface area contributed by atoms with Gasteiger partial charge in [0.15, 0.2) is 0 Å². The van der Waals surface area contributed by atoms with Gasteiger partial charge < -0.3 is 14.8 Å². The van der Waals surface area contributed by atoms with Crippen LogP contribution in [-0.2, 0) is 4.79 Å². The predicted molar refractivity (Wildman–Crippen MR) is 139 cm³/mol. The minimum Gasteiger partial charge on any atom is -0.497 e. The molecule has 1 aromatic heterocycles. The van der Waals surface area contributed by atoms with Crippen LogP contribution >= 0.6 is 11.8 Å². The highest BCUT2D eigenvalue weighted by atomic mass is 32.2. The lowest BCUT2D eigenvalue weighted by Gasteiger charge is -2.14. The summed E-state index contributed by atoms with van der Waals surface area (Å²) in [5.74, 6) is 0.940. The SMILES string of the molecule is COc1ccc(OC)c(NC(=O)CSc2nc(-c3ccccc3)cc(-c3ccccc3)c2C#N)c1. The number of ether oxygens (including phenoxy) is 2. The molecule has 0 aliphatic heterocycles. The Balaban J connectivity index is 1.65. The maximum Gasteiger partial charge on any atom is 0.234 e. The summed E-state index contributed by atoms with van der Waals surface area (Å²) in [6, 6.07) is 28.9. The Morgan fingerprint density at radius 1 is 0.943 bits per heavy atom. The number of hydrogen-bond acceptors (Lipinski definition) is 6. The van der Waals surface area contributed by atoms with Gasteiger partial charge in [-0.2, -0.15) is 5.26 Å². The van der Waals surface area contributed by atoms with Crippen LogP contribution in [0.5, 0.6) is 11.5 Å². The van der Waals surface area contributed by atoms with Crippen molar-refractivity contribution in [3.8, 4) is 40.0 Å². The van der Waals surface area contributed by atoms with Crippen molar-refractivity contribution >= 4 is 23.4 Å². The highest BCUT2D eigenvalue weighted by Gasteiger charge is 2.17. The summed E-state index contributed by atoms with van der Waals surface area (Å²) in [6.07, 6.45) is 0. The van der Waals surface area contributed by atoms with Crippen molar-refractivity contribution in [2.24, 2.45) is 0 Å². The van der Waals surface area contributed by atoms with Gasteiger partial charge in [0, 0.05) is 17.2 Å². The first-order chi connectivity index (χ1) is 17.1. The standard InChI is InChI=1S/C28H23N3O3S/c1-33-21-13-14-26(34-2)25(15-21)30-27(32)18-35-28-23(17-29)22(19-9-5-3-6-10-19)16-24(31-28)20-11-7-4-8-12-20/h3-16H,18H2,1-2H3,(H,30,32). The molecule has 1 N–H and O–H groups in total. The number of rotatable bonds is 8. The number of nitriles is 1. The van der Waals surface area contributed by atoms with Crippen LogP contribution < -0.4 is 14.8 Å². The summed E-state index contributed by atoms with van der Waals surface area (Å²) in [5.41, 5.74) is 4.30. The molecule has 35 heavy (non-hydrogen) atoms. The first kappa shape index (κ1) is 23.9. The van der Waals surface area contributed by atoms with Crippen molar-refractivity contribution < 1.29 is 14.3 Å². The Hall–Kier alpha value is -4.28. The van der Waals surface area contributed by atoms with Crippen LogP contribution in [-0.4, -0.2) is 30.9 Å². The van der Waals surface area contributed by atoms with E-state index >= 15 is 0 Å². The molecule has 0 spiro atoms. The van der Waals surface area contributed by atoms with E-state index in [2.05, 4.69) is 11.4 Å². The third-order valence-corrected chi connectivity index (χ3v) is 6.25. The fraction of sp³-hybridized carbons (Fsp3) is 0.107. The number of amides is 1. The van der Waals surface area contributed by atoms with E-state index < -0.39 is 0 Å². The van der Waals surface area contributed by atoms with Crippen molar-refractivity contribution in [2.45, 2.75) is 5.03 Å². The molecule has 0 unspecified atom stereocenters. The normalized spacial score (nSPS) is 10.3. The zero-order valence-electron chi connectivity index (χ0n) is 19.3. The number of anilines is 1. The Bertz CT molecular complexity index is 1370. The number of benzene rings is 3. The zero-order valence-corrected chi connectivity index (χ0v) is 20.1. The molecule has 0 radical (unpaired) electrons. The van der Waals surface area contributed by atoms with Crippen LogP contribution in [0.1, 0.15) is 5.56 Å². The van der Waals surface area contributed by atoms with Crippen LogP contribution in [0.15, 0.2) is 90.0 Å². The third-order valence-electron chi connectivity index (χ3n) is 5.27. The molecule has 4 rings (SSSR count). The molecule has 7 heteroatoms. The molecule has 0 fully saturated rings. The molecular weight excluding hydrogens is 458 g/mol. The summed E-state index contributed by atoms with van der Waals surface area (Å²) in [5, 5.41) is 13.4. The summed E-state index contributed by atoms with van der Waals surface area (Å²) in [4.78, 5) is 17.6. The average Bonchev–Trinajstić information content (AvgIpc) is 2.92. The van der Waals surface area contributed by atoms with Gasteiger partial charge in [-0.05, 0) is 23.8 Å². The number of hydrogen-bond donors (Lipinski definition) is 1. The van der Waals surface area contributed by atoms with E-state index in [0.29, 0.717) is 27.8 Å². The fourth-order valence-electron chi connectivity index (χ4n) is 3.57. The van der Waals surface area contributed by atoms with Gasteiger partial charge in [-0.1, -0.05) is 72.4 Å². The van der Waals surface area contributed by atoms with Crippen LogP contribution in [0, 0.1) is 11.3 Å². The maximum absolute atomic E-state index is 12.8. The lowest BCUT2D eigenvalue weighted by Crippen LogP contribution is -2.15. The van der Waals surface area contributed by atoms with Gasteiger partial charge in [0.2, 0.25) is 5.91 Å². The molecule has 1 amide bonds. The van der Waals surface area contributed by atoms with Crippen LogP contribution in [0.4, 0.5) is 5.69 Å².